The molecule has 1 aliphatic rings. The molecule has 1 fully saturated rings. The van der Waals surface area contributed by atoms with Gasteiger partial charge >= 0.3 is 0 Å². The lowest BCUT2D eigenvalue weighted by molar-refractivity contribution is 0.0394. The Morgan fingerprint density at radius 3 is 2.70 bits per heavy atom. The van der Waals surface area contributed by atoms with Gasteiger partial charge in [0.25, 0.3) is 0 Å². The van der Waals surface area contributed by atoms with Crippen LogP contribution in [-0.4, -0.2) is 29.9 Å². The van der Waals surface area contributed by atoms with Gasteiger partial charge in [0.05, 0.1) is 12.3 Å². The number of aromatic nitrogens is 2. The van der Waals surface area contributed by atoms with E-state index in [0.717, 1.165) is 21.3 Å². The van der Waals surface area contributed by atoms with E-state index in [1.165, 1.54) is 0 Å². The van der Waals surface area contributed by atoms with Gasteiger partial charge in [-0.3, -0.25) is 0 Å². The normalized spacial score (nSPS) is 17.8. The average Bonchev–Trinajstić information content (AvgIpc) is 2.58. The summed E-state index contributed by atoms with van der Waals surface area (Å²) < 4.78 is 6.94. The number of ether oxygens (including phenoxy) is 1. The SMILES string of the molecule is Cc1nnc(N2CCO[C@@H](c3ccc(Br)cc3)C2)c(C#N)c1C. The van der Waals surface area contributed by atoms with Crippen molar-refractivity contribution in [2.75, 3.05) is 24.6 Å². The Bertz CT molecular complexity index is 754. The molecule has 0 bridgehead atoms. The van der Waals surface area contributed by atoms with Gasteiger partial charge in [0.15, 0.2) is 5.82 Å². The Morgan fingerprint density at radius 2 is 2.00 bits per heavy atom. The maximum Gasteiger partial charge on any atom is 0.169 e. The van der Waals surface area contributed by atoms with E-state index in [9.17, 15) is 5.26 Å². The van der Waals surface area contributed by atoms with Crippen LogP contribution in [0.1, 0.15) is 28.5 Å². The van der Waals surface area contributed by atoms with Gasteiger partial charge in [0.1, 0.15) is 17.7 Å². The monoisotopic (exact) mass is 372 g/mol. The van der Waals surface area contributed by atoms with Gasteiger partial charge in [-0.1, -0.05) is 28.1 Å². The van der Waals surface area contributed by atoms with Crippen LogP contribution in [0.15, 0.2) is 28.7 Å². The van der Waals surface area contributed by atoms with Crippen molar-refractivity contribution in [2.24, 2.45) is 0 Å². The second-order valence-electron chi connectivity index (χ2n) is 5.58. The van der Waals surface area contributed by atoms with Crippen LogP contribution in [0.5, 0.6) is 0 Å². The molecule has 2 aromatic rings. The molecule has 0 saturated carbocycles. The zero-order chi connectivity index (χ0) is 16.4. The molecule has 1 saturated heterocycles. The van der Waals surface area contributed by atoms with Crippen molar-refractivity contribution >= 4 is 21.7 Å². The van der Waals surface area contributed by atoms with Gasteiger partial charge in [0.2, 0.25) is 0 Å². The van der Waals surface area contributed by atoms with Gasteiger partial charge in [-0.25, -0.2) is 0 Å². The summed E-state index contributed by atoms with van der Waals surface area (Å²) >= 11 is 3.45. The van der Waals surface area contributed by atoms with E-state index >= 15 is 0 Å². The van der Waals surface area contributed by atoms with E-state index in [-0.39, 0.29) is 6.10 Å². The number of hydrogen-bond donors (Lipinski definition) is 0. The van der Waals surface area contributed by atoms with E-state index in [2.05, 4.69) is 49.2 Å². The van der Waals surface area contributed by atoms with Gasteiger partial charge in [-0.2, -0.15) is 10.4 Å². The molecule has 1 aromatic carbocycles. The molecule has 1 aliphatic heterocycles. The maximum atomic E-state index is 9.49. The molecular weight excluding hydrogens is 356 g/mol. The largest absolute Gasteiger partial charge is 0.370 e. The Hall–Kier alpha value is -1.97. The fourth-order valence-electron chi connectivity index (χ4n) is 2.67. The molecule has 23 heavy (non-hydrogen) atoms. The Labute approximate surface area is 144 Å². The van der Waals surface area contributed by atoms with Gasteiger partial charge in [-0.05, 0) is 37.1 Å². The number of nitrogens with zero attached hydrogens (tertiary/aromatic N) is 4. The smallest absolute Gasteiger partial charge is 0.169 e. The summed E-state index contributed by atoms with van der Waals surface area (Å²) in [7, 11) is 0. The molecule has 1 atom stereocenters. The highest BCUT2D eigenvalue weighted by molar-refractivity contribution is 9.10. The van der Waals surface area contributed by atoms with Crippen LogP contribution < -0.4 is 4.90 Å². The highest BCUT2D eigenvalue weighted by Crippen LogP contribution is 2.28. The Morgan fingerprint density at radius 1 is 1.26 bits per heavy atom. The lowest BCUT2D eigenvalue weighted by Crippen LogP contribution is -2.39. The predicted octanol–water partition coefficient (Wildman–Crippen LogP) is 3.31. The summed E-state index contributed by atoms with van der Waals surface area (Å²) in [5.41, 5.74) is 3.41. The molecule has 1 aromatic heterocycles. The number of hydrogen-bond acceptors (Lipinski definition) is 5. The molecular formula is C17H17BrN4O. The van der Waals surface area contributed by atoms with Crippen molar-refractivity contribution < 1.29 is 4.74 Å². The highest BCUT2D eigenvalue weighted by atomic mass is 79.9. The molecule has 3 rings (SSSR count). The van der Waals surface area contributed by atoms with Crippen molar-refractivity contribution in [3.63, 3.8) is 0 Å². The number of anilines is 1. The minimum absolute atomic E-state index is 0.0354. The van der Waals surface area contributed by atoms with Crippen molar-refractivity contribution in [1.82, 2.24) is 10.2 Å². The summed E-state index contributed by atoms with van der Waals surface area (Å²) in [6, 6.07) is 10.4. The van der Waals surface area contributed by atoms with Gasteiger partial charge in [-0.15, -0.1) is 5.10 Å². The van der Waals surface area contributed by atoms with Gasteiger partial charge < -0.3 is 9.64 Å². The van der Waals surface area contributed by atoms with Crippen molar-refractivity contribution in [2.45, 2.75) is 20.0 Å². The van der Waals surface area contributed by atoms with Crippen LogP contribution >= 0.6 is 15.9 Å². The first kappa shape index (κ1) is 15.9. The molecule has 0 spiro atoms. The van der Waals surface area contributed by atoms with E-state index < -0.39 is 0 Å². The zero-order valence-corrected chi connectivity index (χ0v) is 14.7. The number of rotatable bonds is 2. The second-order valence-corrected chi connectivity index (χ2v) is 6.49. The topological polar surface area (TPSA) is 62.0 Å². The third kappa shape index (κ3) is 3.21. The third-order valence-electron chi connectivity index (χ3n) is 4.16. The van der Waals surface area contributed by atoms with Crippen LogP contribution in [0.3, 0.4) is 0 Å². The molecule has 0 aliphatic carbocycles. The van der Waals surface area contributed by atoms with E-state index in [0.29, 0.717) is 31.1 Å². The molecule has 118 valence electrons. The summed E-state index contributed by atoms with van der Waals surface area (Å²) in [6.07, 6.45) is -0.0354. The first-order valence-electron chi connectivity index (χ1n) is 7.46. The summed E-state index contributed by atoms with van der Waals surface area (Å²) in [5.74, 6) is 0.654. The Kier molecular flexibility index (Phi) is 4.60. The first-order chi connectivity index (χ1) is 11.1. The fourth-order valence-corrected chi connectivity index (χ4v) is 2.94. The van der Waals surface area contributed by atoms with Crippen molar-refractivity contribution in [3.05, 3.63) is 51.1 Å². The average molecular weight is 373 g/mol. The van der Waals surface area contributed by atoms with E-state index in [4.69, 9.17) is 4.74 Å². The van der Waals surface area contributed by atoms with Crippen LogP contribution in [0.25, 0.3) is 0 Å². The molecule has 6 heteroatoms. The van der Waals surface area contributed by atoms with Crippen LogP contribution in [-0.2, 0) is 4.74 Å². The highest BCUT2D eigenvalue weighted by Gasteiger charge is 2.26. The molecule has 0 unspecified atom stereocenters. The van der Waals surface area contributed by atoms with Crippen molar-refractivity contribution in [3.8, 4) is 6.07 Å². The molecule has 2 heterocycles. The van der Waals surface area contributed by atoms with Crippen LogP contribution in [0, 0.1) is 25.2 Å². The number of aryl methyl sites for hydroxylation is 1. The summed E-state index contributed by atoms with van der Waals surface area (Å²) in [4.78, 5) is 2.09. The minimum Gasteiger partial charge on any atom is -0.370 e. The maximum absolute atomic E-state index is 9.49. The van der Waals surface area contributed by atoms with Crippen LogP contribution in [0.2, 0.25) is 0 Å². The number of halogens is 1. The minimum atomic E-state index is -0.0354. The van der Waals surface area contributed by atoms with Gasteiger partial charge in [0, 0.05) is 17.6 Å². The number of nitriles is 1. The standard InChI is InChI=1S/C17H17BrN4O/c1-11-12(2)20-21-17(15(11)9-19)22-7-8-23-16(10-22)13-3-5-14(18)6-4-13/h3-6,16H,7-8,10H2,1-2H3/t16-/m1/s1. The van der Waals surface area contributed by atoms with E-state index in [1.807, 2.05) is 26.0 Å². The van der Waals surface area contributed by atoms with E-state index in [1.54, 1.807) is 0 Å². The number of morpholine rings is 1. The summed E-state index contributed by atoms with van der Waals surface area (Å²) in [6.45, 7) is 5.75. The lowest BCUT2D eigenvalue weighted by Gasteiger charge is -2.34. The fraction of sp³-hybridized carbons (Fsp3) is 0.353. The third-order valence-corrected chi connectivity index (χ3v) is 4.68. The quantitative estimate of drug-likeness (QED) is 0.808. The number of benzene rings is 1. The molecule has 0 radical (unpaired) electrons. The first-order valence-corrected chi connectivity index (χ1v) is 8.25. The second kappa shape index (κ2) is 6.65. The van der Waals surface area contributed by atoms with Crippen LogP contribution in [0.4, 0.5) is 5.82 Å². The predicted molar refractivity (Wildman–Crippen MR) is 91.3 cm³/mol. The molecule has 5 nitrogen and oxygen atoms in total. The lowest BCUT2D eigenvalue weighted by atomic mass is 10.1. The van der Waals surface area contributed by atoms with Crippen molar-refractivity contribution in [1.29, 1.82) is 5.26 Å². The summed E-state index contributed by atoms with van der Waals surface area (Å²) in [5, 5.41) is 17.9. The Balaban J connectivity index is 1.89. The molecule has 0 amide bonds. The molecule has 0 N–H and O–H groups in total. The zero-order valence-electron chi connectivity index (χ0n) is 13.1.